The molecule has 3 atom stereocenters. The van der Waals surface area contributed by atoms with Gasteiger partial charge in [0.15, 0.2) is 0 Å². The molecule has 0 heterocycles. The molecule has 162 valence electrons. The lowest BCUT2D eigenvalue weighted by atomic mass is 10.0. The third-order valence-electron chi connectivity index (χ3n) is 3.71. The molecule has 10 nitrogen and oxygen atoms in total. The second kappa shape index (κ2) is 13.2. The van der Waals surface area contributed by atoms with Crippen molar-refractivity contribution in [2.75, 3.05) is 0 Å². The van der Waals surface area contributed by atoms with Gasteiger partial charge in [-0.3, -0.25) is 19.2 Å². The number of primary amides is 1. The first-order chi connectivity index (χ1) is 13.4. The highest BCUT2D eigenvalue weighted by molar-refractivity contribution is 5.89. The zero-order valence-electron chi connectivity index (χ0n) is 16.6. The molecule has 2 amide bonds. The standard InChI is InChI=1S/C15H23N3O2.C4H7NO4/c1-10(2)8-13(14(17)19)18-15(20)12(16)9-11-6-4-3-5-7-11;5-2(4(8)9)1-3(6)7/h3-7,10,12-13H,8-9,16H2,1-2H3,(H2,17,19)(H,18,20);2H,1,5H2,(H,6,7)(H,8,9)/t12-,13-;2-/m10/s1. The summed E-state index contributed by atoms with van der Waals surface area (Å²) in [6.45, 7) is 3.93. The summed E-state index contributed by atoms with van der Waals surface area (Å²) in [6.07, 6.45) is 0.411. The molecule has 0 aliphatic carbocycles. The predicted octanol–water partition coefficient (Wildman–Crippen LogP) is -0.554. The fourth-order valence-electron chi connectivity index (χ4n) is 2.23. The maximum absolute atomic E-state index is 12.0. The second-order valence-electron chi connectivity index (χ2n) is 6.93. The van der Waals surface area contributed by atoms with E-state index in [9.17, 15) is 19.2 Å². The molecule has 29 heavy (non-hydrogen) atoms. The number of amides is 2. The van der Waals surface area contributed by atoms with Gasteiger partial charge in [-0.1, -0.05) is 44.2 Å². The van der Waals surface area contributed by atoms with Gasteiger partial charge in [0.2, 0.25) is 11.8 Å². The van der Waals surface area contributed by atoms with E-state index in [1.54, 1.807) is 0 Å². The third-order valence-corrected chi connectivity index (χ3v) is 3.71. The van der Waals surface area contributed by atoms with Gasteiger partial charge in [0.1, 0.15) is 12.1 Å². The molecule has 1 aromatic carbocycles. The first-order valence-electron chi connectivity index (χ1n) is 9.03. The van der Waals surface area contributed by atoms with Crippen LogP contribution in [0.1, 0.15) is 32.3 Å². The Morgan fingerprint density at radius 3 is 1.93 bits per heavy atom. The van der Waals surface area contributed by atoms with Crippen LogP contribution in [0.3, 0.4) is 0 Å². The molecule has 0 aromatic heterocycles. The van der Waals surface area contributed by atoms with Crippen molar-refractivity contribution in [1.82, 2.24) is 5.32 Å². The van der Waals surface area contributed by atoms with E-state index in [-0.39, 0.29) is 11.8 Å². The predicted molar refractivity (Wildman–Crippen MR) is 107 cm³/mol. The van der Waals surface area contributed by atoms with Crippen LogP contribution < -0.4 is 22.5 Å². The second-order valence-corrected chi connectivity index (χ2v) is 6.93. The van der Waals surface area contributed by atoms with Crippen LogP contribution in [-0.4, -0.2) is 52.1 Å². The summed E-state index contributed by atoms with van der Waals surface area (Å²) in [6, 6.07) is 6.87. The molecule has 0 bridgehead atoms. The van der Waals surface area contributed by atoms with Crippen molar-refractivity contribution in [2.45, 2.75) is 51.2 Å². The molecule has 0 aliphatic heterocycles. The van der Waals surface area contributed by atoms with Gasteiger partial charge in [0.25, 0.3) is 0 Å². The Balaban J connectivity index is 0.000000734. The number of carboxylic acids is 2. The summed E-state index contributed by atoms with van der Waals surface area (Å²) < 4.78 is 0. The smallest absolute Gasteiger partial charge is 0.321 e. The lowest BCUT2D eigenvalue weighted by Crippen LogP contribution is -2.51. The van der Waals surface area contributed by atoms with E-state index in [1.165, 1.54) is 0 Å². The highest BCUT2D eigenvalue weighted by Crippen LogP contribution is 2.06. The van der Waals surface area contributed by atoms with E-state index in [0.717, 1.165) is 5.56 Å². The van der Waals surface area contributed by atoms with Crippen LogP contribution in [0.2, 0.25) is 0 Å². The molecule has 10 heteroatoms. The number of rotatable bonds is 10. The number of carbonyl (C=O) groups is 4. The minimum absolute atomic E-state index is 0.262. The lowest BCUT2D eigenvalue weighted by Gasteiger charge is -2.20. The number of hydrogen-bond acceptors (Lipinski definition) is 6. The van der Waals surface area contributed by atoms with Crippen LogP contribution in [0.15, 0.2) is 30.3 Å². The summed E-state index contributed by atoms with van der Waals surface area (Å²) >= 11 is 0. The molecule has 0 saturated heterocycles. The van der Waals surface area contributed by atoms with Crippen LogP contribution in [-0.2, 0) is 25.6 Å². The van der Waals surface area contributed by atoms with Crippen molar-refractivity contribution in [3.05, 3.63) is 35.9 Å². The van der Waals surface area contributed by atoms with Crippen molar-refractivity contribution >= 4 is 23.8 Å². The van der Waals surface area contributed by atoms with Gasteiger partial charge in [-0.15, -0.1) is 0 Å². The summed E-state index contributed by atoms with van der Waals surface area (Å²) in [5, 5.41) is 18.7. The molecule has 0 saturated carbocycles. The highest BCUT2D eigenvalue weighted by atomic mass is 16.4. The van der Waals surface area contributed by atoms with E-state index >= 15 is 0 Å². The normalized spacial score (nSPS) is 13.4. The number of carbonyl (C=O) groups excluding carboxylic acids is 2. The highest BCUT2D eigenvalue weighted by Gasteiger charge is 2.22. The quantitative estimate of drug-likeness (QED) is 0.295. The summed E-state index contributed by atoms with van der Waals surface area (Å²) in [7, 11) is 0. The van der Waals surface area contributed by atoms with Crippen molar-refractivity contribution in [3.8, 4) is 0 Å². The molecule has 0 radical (unpaired) electrons. The summed E-state index contributed by atoms with van der Waals surface area (Å²) in [5.74, 6) is -3.11. The van der Waals surface area contributed by atoms with Gasteiger partial charge in [0, 0.05) is 0 Å². The molecular weight excluding hydrogens is 380 g/mol. The number of benzene rings is 1. The first-order valence-corrected chi connectivity index (χ1v) is 9.03. The molecule has 1 rings (SSSR count). The Kier molecular flexibility index (Phi) is 11.9. The maximum Gasteiger partial charge on any atom is 0.321 e. The van der Waals surface area contributed by atoms with E-state index in [0.29, 0.717) is 12.8 Å². The minimum Gasteiger partial charge on any atom is -0.481 e. The molecular formula is C19H30N4O6. The van der Waals surface area contributed by atoms with Crippen LogP contribution in [0.5, 0.6) is 0 Å². The number of nitrogens with two attached hydrogens (primary N) is 3. The van der Waals surface area contributed by atoms with Crippen molar-refractivity contribution in [2.24, 2.45) is 23.1 Å². The van der Waals surface area contributed by atoms with Crippen molar-refractivity contribution in [3.63, 3.8) is 0 Å². The molecule has 0 unspecified atom stereocenters. The summed E-state index contributed by atoms with van der Waals surface area (Å²) in [5.41, 5.74) is 17.0. The number of carboxylic acid groups (broad SMARTS) is 2. The zero-order valence-corrected chi connectivity index (χ0v) is 16.6. The van der Waals surface area contributed by atoms with Gasteiger partial charge in [-0.25, -0.2) is 0 Å². The Hall–Kier alpha value is -2.98. The first kappa shape index (κ1) is 26.0. The fraction of sp³-hybridized carbons (Fsp3) is 0.474. The van der Waals surface area contributed by atoms with Gasteiger partial charge in [0.05, 0.1) is 12.5 Å². The van der Waals surface area contributed by atoms with Crippen LogP contribution >= 0.6 is 0 Å². The molecule has 0 aliphatic rings. The van der Waals surface area contributed by atoms with Crippen molar-refractivity contribution in [1.29, 1.82) is 0 Å². The van der Waals surface area contributed by atoms with E-state index < -0.39 is 42.4 Å². The van der Waals surface area contributed by atoms with E-state index in [1.807, 2.05) is 44.2 Å². The Morgan fingerprint density at radius 1 is 1.00 bits per heavy atom. The molecule has 1 aromatic rings. The number of aliphatic carboxylic acids is 2. The number of hydrogen-bond donors (Lipinski definition) is 6. The Bertz CT molecular complexity index is 681. The van der Waals surface area contributed by atoms with Gasteiger partial charge in [-0.05, 0) is 24.3 Å². The van der Waals surface area contributed by atoms with E-state index in [2.05, 4.69) is 5.32 Å². The third kappa shape index (κ3) is 12.2. The Morgan fingerprint density at radius 2 is 1.55 bits per heavy atom. The number of nitrogens with one attached hydrogen (secondary N) is 1. The Labute approximate surface area is 169 Å². The molecule has 0 fully saturated rings. The average Bonchev–Trinajstić information content (AvgIpc) is 2.61. The van der Waals surface area contributed by atoms with Crippen LogP contribution in [0.25, 0.3) is 0 Å². The fourth-order valence-corrected chi connectivity index (χ4v) is 2.23. The molecule has 9 N–H and O–H groups in total. The van der Waals surface area contributed by atoms with Crippen LogP contribution in [0.4, 0.5) is 0 Å². The van der Waals surface area contributed by atoms with E-state index in [4.69, 9.17) is 27.4 Å². The van der Waals surface area contributed by atoms with Gasteiger partial charge < -0.3 is 32.7 Å². The minimum atomic E-state index is -1.29. The largest absolute Gasteiger partial charge is 0.481 e. The maximum atomic E-state index is 12.0. The van der Waals surface area contributed by atoms with Gasteiger partial charge >= 0.3 is 11.9 Å². The monoisotopic (exact) mass is 410 g/mol. The van der Waals surface area contributed by atoms with Gasteiger partial charge in [-0.2, -0.15) is 0 Å². The average molecular weight is 410 g/mol. The van der Waals surface area contributed by atoms with Crippen molar-refractivity contribution < 1.29 is 29.4 Å². The van der Waals surface area contributed by atoms with Crippen LogP contribution in [0, 0.1) is 5.92 Å². The SMILES string of the molecule is CC(C)C[C@@H](NC(=O)[C@H](N)Cc1ccccc1)C(N)=O.N[C@@H](CC(=O)O)C(=O)O. The topological polar surface area (TPSA) is 199 Å². The summed E-state index contributed by atoms with van der Waals surface area (Å²) in [4.78, 5) is 42.9. The zero-order chi connectivity index (χ0) is 22.6. The lowest BCUT2D eigenvalue weighted by molar-refractivity contribution is -0.144. The molecule has 0 spiro atoms.